The van der Waals surface area contributed by atoms with Gasteiger partial charge >= 0.3 is 0 Å². The first-order valence-electron chi connectivity index (χ1n) is 5.57. The molecule has 2 heterocycles. The van der Waals surface area contributed by atoms with E-state index in [9.17, 15) is 0 Å². The molecule has 2 rings (SSSR count). The van der Waals surface area contributed by atoms with Crippen LogP contribution in [-0.4, -0.2) is 29.2 Å². The van der Waals surface area contributed by atoms with Crippen LogP contribution in [0.4, 0.5) is 0 Å². The van der Waals surface area contributed by atoms with Crippen molar-refractivity contribution in [3.63, 3.8) is 0 Å². The highest BCUT2D eigenvalue weighted by atomic mass is 16.5. The van der Waals surface area contributed by atoms with Crippen LogP contribution >= 0.6 is 0 Å². The van der Waals surface area contributed by atoms with E-state index in [1.54, 1.807) is 12.4 Å². The lowest BCUT2D eigenvalue weighted by Crippen LogP contribution is -2.34. The Bertz CT molecular complexity index is 310. The zero-order valence-corrected chi connectivity index (χ0v) is 9.07. The van der Waals surface area contributed by atoms with Gasteiger partial charge in [-0.15, -0.1) is 0 Å². The summed E-state index contributed by atoms with van der Waals surface area (Å²) >= 11 is 0. The topological polar surface area (TPSA) is 47.0 Å². The number of rotatable bonds is 3. The van der Waals surface area contributed by atoms with Crippen molar-refractivity contribution >= 4 is 0 Å². The first-order valence-corrected chi connectivity index (χ1v) is 5.57. The Morgan fingerprint density at radius 3 is 2.93 bits per heavy atom. The standard InChI is InChI=1S/C11H17N3O/c1-2-9-7-13-8-11(14-9)15-10-3-5-12-6-4-10/h7-8,10,12H,2-6H2,1H3. The van der Waals surface area contributed by atoms with Crippen molar-refractivity contribution in [2.45, 2.75) is 32.3 Å². The summed E-state index contributed by atoms with van der Waals surface area (Å²) in [7, 11) is 0. The highest BCUT2D eigenvalue weighted by molar-refractivity contribution is 5.08. The number of ether oxygens (including phenoxy) is 1. The summed E-state index contributed by atoms with van der Waals surface area (Å²) in [4.78, 5) is 8.50. The number of hydrogen-bond acceptors (Lipinski definition) is 4. The molecular weight excluding hydrogens is 190 g/mol. The largest absolute Gasteiger partial charge is 0.473 e. The Labute approximate surface area is 90.1 Å². The van der Waals surface area contributed by atoms with Crippen LogP contribution in [0, 0.1) is 0 Å². The second kappa shape index (κ2) is 5.07. The van der Waals surface area contributed by atoms with Gasteiger partial charge in [-0.25, -0.2) is 4.98 Å². The molecule has 0 aromatic carbocycles. The summed E-state index contributed by atoms with van der Waals surface area (Å²) in [5.74, 6) is 0.668. The van der Waals surface area contributed by atoms with Crippen LogP contribution < -0.4 is 10.1 Å². The molecule has 1 aromatic heterocycles. The molecule has 4 nitrogen and oxygen atoms in total. The molecule has 0 unspecified atom stereocenters. The molecule has 1 fully saturated rings. The molecule has 82 valence electrons. The molecule has 1 aromatic rings. The van der Waals surface area contributed by atoms with Crippen LogP contribution in [0.2, 0.25) is 0 Å². The predicted molar refractivity (Wildman–Crippen MR) is 57.9 cm³/mol. The van der Waals surface area contributed by atoms with Gasteiger partial charge in [0.25, 0.3) is 0 Å². The number of hydrogen-bond donors (Lipinski definition) is 1. The summed E-state index contributed by atoms with van der Waals surface area (Å²) in [6.45, 7) is 4.13. The van der Waals surface area contributed by atoms with Gasteiger partial charge in [-0.05, 0) is 32.4 Å². The normalized spacial score (nSPS) is 17.7. The van der Waals surface area contributed by atoms with E-state index in [0.29, 0.717) is 12.0 Å². The highest BCUT2D eigenvalue weighted by Gasteiger charge is 2.14. The predicted octanol–water partition coefficient (Wildman–Crippen LogP) is 1.17. The van der Waals surface area contributed by atoms with E-state index in [4.69, 9.17) is 4.74 Å². The summed E-state index contributed by atoms with van der Waals surface area (Å²) in [6.07, 6.45) is 6.79. The molecule has 15 heavy (non-hydrogen) atoms. The van der Waals surface area contributed by atoms with E-state index in [1.807, 2.05) is 0 Å². The SMILES string of the molecule is CCc1cncc(OC2CCNCC2)n1. The van der Waals surface area contributed by atoms with Gasteiger partial charge in [0.1, 0.15) is 6.10 Å². The molecular formula is C11H17N3O. The third-order valence-electron chi connectivity index (χ3n) is 2.60. The number of nitrogens with zero attached hydrogens (tertiary/aromatic N) is 2. The van der Waals surface area contributed by atoms with Crippen molar-refractivity contribution < 1.29 is 4.74 Å². The summed E-state index contributed by atoms with van der Waals surface area (Å²) in [6, 6.07) is 0. The first kappa shape index (κ1) is 10.4. The monoisotopic (exact) mass is 207 g/mol. The third-order valence-corrected chi connectivity index (χ3v) is 2.60. The Morgan fingerprint density at radius 2 is 2.20 bits per heavy atom. The van der Waals surface area contributed by atoms with Crippen molar-refractivity contribution in [3.05, 3.63) is 18.1 Å². The van der Waals surface area contributed by atoms with Gasteiger partial charge in [-0.1, -0.05) is 6.92 Å². The number of nitrogens with one attached hydrogen (secondary N) is 1. The zero-order valence-electron chi connectivity index (χ0n) is 9.07. The Hall–Kier alpha value is -1.16. The fraction of sp³-hybridized carbons (Fsp3) is 0.636. The van der Waals surface area contributed by atoms with E-state index in [0.717, 1.165) is 38.0 Å². The van der Waals surface area contributed by atoms with Crippen LogP contribution in [0.1, 0.15) is 25.5 Å². The van der Waals surface area contributed by atoms with Gasteiger partial charge in [0.15, 0.2) is 0 Å². The maximum Gasteiger partial charge on any atom is 0.232 e. The van der Waals surface area contributed by atoms with Crippen LogP contribution in [0.3, 0.4) is 0 Å². The van der Waals surface area contributed by atoms with Gasteiger partial charge in [-0.3, -0.25) is 4.98 Å². The lowest BCUT2D eigenvalue weighted by Gasteiger charge is -2.23. The number of piperidine rings is 1. The zero-order chi connectivity index (χ0) is 10.5. The Kier molecular flexibility index (Phi) is 3.50. The van der Waals surface area contributed by atoms with Crippen LogP contribution in [-0.2, 0) is 6.42 Å². The van der Waals surface area contributed by atoms with Gasteiger partial charge in [-0.2, -0.15) is 0 Å². The summed E-state index contributed by atoms with van der Waals surface area (Å²) in [5.41, 5.74) is 0.987. The van der Waals surface area contributed by atoms with Crippen molar-refractivity contribution in [1.82, 2.24) is 15.3 Å². The molecule has 0 saturated carbocycles. The van der Waals surface area contributed by atoms with E-state index >= 15 is 0 Å². The molecule has 0 amide bonds. The van der Waals surface area contributed by atoms with E-state index in [-0.39, 0.29) is 0 Å². The quantitative estimate of drug-likeness (QED) is 0.808. The maximum atomic E-state index is 5.78. The number of aryl methyl sites for hydroxylation is 1. The summed E-state index contributed by atoms with van der Waals surface area (Å²) < 4.78 is 5.78. The smallest absolute Gasteiger partial charge is 0.232 e. The molecule has 1 aliphatic rings. The van der Waals surface area contributed by atoms with E-state index in [2.05, 4.69) is 22.2 Å². The van der Waals surface area contributed by atoms with Crippen LogP contribution in [0.15, 0.2) is 12.4 Å². The Morgan fingerprint density at radius 1 is 1.40 bits per heavy atom. The lowest BCUT2D eigenvalue weighted by molar-refractivity contribution is 0.155. The molecule has 0 aliphatic carbocycles. The molecule has 1 aliphatic heterocycles. The van der Waals surface area contributed by atoms with Gasteiger partial charge in [0, 0.05) is 6.20 Å². The van der Waals surface area contributed by atoms with Crippen LogP contribution in [0.25, 0.3) is 0 Å². The fourth-order valence-corrected chi connectivity index (χ4v) is 1.70. The van der Waals surface area contributed by atoms with Crippen LogP contribution in [0.5, 0.6) is 5.88 Å². The Balaban J connectivity index is 1.96. The minimum atomic E-state index is 0.299. The van der Waals surface area contributed by atoms with Crippen molar-refractivity contribution in [3.8, 4) is 5.88 Å². The highest BCUT2D eigenvalue weighted by Crippen LogP contribution is 2.13. The fourth-order valence-electron chi connectivity index (χ4n) is 1.70. The van der Waals surface area contributed by atoms with Gasteiger partial charge < -0.3 is 10.1 Å². The second-order valence-corrected chi connectivity index (χ2v) is 3.77. The molecule has 0 atom stereocenters. The van der Waals surface area contributed by atoms with Crippen molar-refractivity contribution in [1.29, 1.82) is 0 Å². The molecule has 0 spiro atoms. The minimum absolute atomic E-state index is 0.299. The average molecular weight is 207 g/mol. The molecule has 0 bridgehead atoms. The third kappa shape index (κ3) is 2.89. The molecule has 1 N–H and O–H groups in total. The van der Waals surface area contributed by atoms with E-state index in [1.165, 1.54) is 0 Å². The van der Waals surface area contributed by atoms with Crippen molar-refractivity contribution in [2.75, 3.05) is 13.1 Å². The molecule has 1 saturated heterocycles. The lowest BCUT2D eigenvalue weighted by atomic mass is 10.1. The molecule has 4 heteroatoms. The van der Waals surface area contributed by atoms with Crippen molar-refractivity contribution in [2.24, 2.45) is 0 Å². The van der Waals surface area contributed by atoms with Gasteiger partial charge in [0.05, 0.1) is 11.9 Å². The second-order valence-electron chi connectivity index (χ2n) is 3.77. The van der Waals surface area contributed by atoms with E-state index < -0.39 is 0 Å². The maximum absolute atomic E-state index is 5.78. The van der Waals surface area contributed by atoms with Gasteiger partial charge in [0.2, 0.25) is 5.88 Å². The number of aromatic nitrogens is 2. The molecule has 0 radical (unpaired) electrons. The minimum Gasteiger partial charge on any atom is -0.473 e. The first-order chi connectivity index (χ1) is 7.38. The summed E-state index contributed by atoms with van der Waals surface area (Å²) in [5, 5.41) is 3.31. The average Bonchev–Trinajstić information content (AvgIpc) is 2.31.